The number of nitrogens with zero attached hydrogens (tertiary/aromatic N) is 1. The Morgan fingerprint density at radius 1 is 0.795 bits per heavy atom. The van der Waals surface area contributed by atoms with Gasteiger partial charge in [0.1, 0.15) is 6.10 Å². The lowest BCUT2D eigenvalue weighted by atomic mass is 9.82. The number of hydrogen-bond acceptors (Lipinski definition) is 6. The molecule has 1 fully saturated rings. The summed E-state index contributed by atoms with van der Waals surface area (Å²) < 4.78 is 23.9. The molecule has 1 unspecified atom stereocenters. The third-order valence-corrected chi connectivity index (χ3v) is 10.8. The van der Waals surface area contributed by atoms with Crippen molar-refractivity contribution in [1.29, 1.82) is 0 Å². The molecule has 0 amide bonds. The molecule has 1 saturated heterocycles. The zero-order chi connectivity index (χ0) is 28.9. The van der Waals surface area contributed by atoms with Crippen molar-refractivity contribution in [3.63, 3.8) is 0 Å². The van der Waals surface area contributed by atoms with E-state index in [0.29, 0.717) is 32.3 Å². The lowest BCUT2D eigenvalue weighted by Crippen LogP contribution is -2.58. The quantitative estimate of drug-likeness (QED) is 0.124. The van der Waals surface area contributed by atoms with E-state index in [0.717, 1.165) is 51.2 Å². The van der Waals surface area contributed by atoms with Gasteiger partial charge in [-0.1, -0.05) is 51.0 Å². The Morgan fingerprint density at radius 3 is 1.85 bits per heavy atom. The van der Waals surface area contributed by atoms with Crippen LogP contribution in [0.4, 0.5) is 0 Å². The van der Waals surface area contributed by atoms with Gasteiger partial charge in [0.2, 0.25) is 0 Å². The first-order valence-electron chi connectivity index (χ1n) is 15.6. The van der Waals surface area contributed by atoms with Crippen molar-refractivity contribution < 1.29 is 22.9 Å². The second kappa shape index (κ2) is 16.6. The van der Waals surface area contributed by atoms with Crippen LogP contribution < -0.4 is 0 Å². The van der Waals surface area contributed by atoms with Crippen LogP contribution in [0.1, 0.15) is 124 Å². The first kappa shape index (κ1) is 34.4. The Labute approximate surface area is 241 Å². The van der Waals surface area contributed by atoms with Crippen LogP contribution in [0.25, 0.3) is 0 Å². The minimum Gasteiger partial charge on any atom is -0.377 e. The van der Waals surface area contributed by atoms with E-state index in [2.05, 4.69) is 70.9 Å². The van der Waals surface area contributed by atoms with E-state index in [-0.39, 0.29) is 17.2 Å². The van der Waals surface area contributed by atoms with Gasteiger partial charge in [0.15, 0.2) is 0 Å². The maximum Gasteiger partial charge on any atom is 0.500 e. The molecular weight excluding hydrogens is 506 g/mol. The lowest BCUT2D eigenvalue weighted by molar-refractivity contribution is -0.313. The van der Waals surface area contributed by atoms with Gasteiger partial charge in [0.25, 0.3) is 0 Å². The number of unbranched alkanes of at least 4 members (excludes halogenated alkanes) is 3. The standard InChI is InChI=1S/C32H59NO5Si/c1-10-35-39(36-11-2,37-12-3)25-16-14-13-15-24-34-26-28-18-20-29(21-19-28)30(27(4)5)38-33-31(6,7)22-17-23-32(33,8)9/h18-21,27,30H,10-17,22-26H2,1-9H3. The molecule has 0 aromatic heterocycles. The summed E-state index contributed by atoms with van der Waals surface area (Å²) in [6, 6.07) is 9.72. The third kappa shape index (κ3) is 10.8. The Bertz CT molecular complexity index is 765. The van der Waals surface area contributed by atoms with Gasteiger partial charge in [-0.25, -0.2) is 0 Å². The number of ether oxygens (including phenoxy) is 1. The van der Waals surface area contributed by atoms with E-state index < -0.39 is 8.80 Å². The van der Waals surface area contributed by atoms with E-state index in [1.807, 2.05) is 20.8 Å². The highest BCUT2D eigenvalue weighted by Crippen LogP contribution is 2.41. The first-order valence-corrected chi connectivity index (χ1v) is 17.5. The van der Waals surface area contributed by atoms with E-state index >= 15 is 0 Å². The SMILES string of the molecule is CCO[Si](CCCCCCOCc1ccc(C(ON2C(C)(C)CCCC2(C)C)C(C)C)cc1)(OCC)OCC. The topological polar surface area (TPSA) is 49.4 Å². The van der Waals surface area contributed by atoms with Crippen LogP contribution in [0, 0.1) is 5.92 Å². The lowest BCUT2D eigenvalue weighted by Gasteiger charge is -2.52. The monoisotopic (exact) mass is 565 g/mol. The summed E-state index contributed by atoms with van der Waals surface area (Å²) in [7, 11) is -2.51. The normalized spacial score (nSPS) is 18.5. The molecule has 0 radical (unpaired) electrons. The molecule has 226 valence electrons. The van der Waals surface area contributed by atoms with Gasteiger partial charge in [0, 0.05) is 43.5 Å². The van der Waals surface area contributed by atoms with Crippen molar-refractivity contribution in [2.45, 2.75) is 137 Å². The number of rotatable bonds is 19. The maximum atomic E-state index is 6.80. The molecule has 0 bridgehead atoms. The van der Waals surface area contributed by atoms with Crippen molar-refractivity contribution in [3.05, 3.63) is 35.4 Å². The molecule has 1 aliphatic rings. The van der Waals surface area contributed by atoms with Crippen LogP contribution in [0.2, 0.25) is 6.04 Å². The molecule has 1 atom stereocenters. The highest BCUT2D eigenvalue weighted by atomic mass is 28.4. The minimum absolute atomic E-state index is 0.0313. The molecule has 2 rings (SSSR count). The van der Waals surface area contributed by atoms with Gasteiger partial charge in [-0.15, -0.1) is 0 Å². The fourth-order valence-electron chi connectivity index (χ4n) is 5.84. The fourth-order valence-corrected chi connectivity index (χ4v) is 8.52. The zero-order valence-corrected chi connectivity index (χ0v) is 27.6. The van der Waals surface area contributed by atoms with E-state index in [1.165, 1.54) is 17.5 Å². The highest BCUT2D eigenvalue weighted by molar-refractivity contribution is 6.60. The molecular formula is C32H59NO5Si. The van der Waals surface area contributed by atoms with Gasteiger partial charge >= 0.3 is 8.80 Å². The molecule has 1 aromatic carbocycles. The summed E-state index contributed by atoms with van der Waals surface area (Å²) in [5, 5.41) is 2.29. The van der Waals surface area contributed by atoms with Crippen LogP contribution in [0.3, 0.4) is 0 Å². The van der Waals surface area contributed by atoms with Crippen molar-refractivity contribution in [2.24, 2.45) is 5.92 Å². The van der Waals surface area contributed by atoms with Crippen LogP contribution in [0.5, 0.6) is 0 Å². The average Bonchev–Trinajstić information content (AvgIpc) is 2.85. The summed E-state index contributed by atoms with van der Waals surface area (Å²) in [4.78, 5) is 6.80. The summed E-state index contributed by atoms with van der Waals surface area (Å²) >= 11 is 0. The molecule has 1 aromatic rings. The van der Waals surface area contributed by atoms with Gasteiger partial charge in [-0.05, 0) is 97.6 Å². The molecule has 0 saturated carbocycles. The number of hydroxylamine groups is 2. The van der Waals surface area contributed by atoms with Gasteiger partial charge in [-0.2, -0.15) is 5.06 Å². The second-order valence-electron chi connectivity index (χ2n) is 12.5. The first-order chi connectivity index (χ1) is 18.5. The van der Waals surface area contributed by atoms with E-state index in [4.69, 9.17) is 22.9 Å². The molecule has 39 heavy (non-hydrogen) atoms. The number of benzene rings is 1. The number of hydrogen-bond donors (Lipinski definition) is 0. The van der Waals surface area contributed by atoms with Gasteiger partial charge in [0.05, 0.1) is 6.61 Å². The molecule has 1 heterocycles. The Morgan fingerprint density at radius 2 is 1.33 bits per heavy atom. The van der Waals surface area contributed by atoms with Crippen molar-refractivity contribution in [3.8, 4) is 0 Å². The average molecular weight is 566 g/mol. The zero-order valence-electron chi connectivity index (χ0n) is 26.6. The van der Waals surface area contributed by atoms with Gasteiger partial charge < -0.3 is 18.0 Å². The predicted octanol–water partition coefficient (Wildman–Crippen LogP) is 8.48. The minimum atomic E-state index is -2.51. The molecule has 7 heteroatoms. The van der Waals surface area contributed by atoms with E-state index in [1.54, 1.807) is 0 Å². The third-order valence-electron chi connectivity index (χ3n) is 7.69. The van der Waals surface area contributed by atoms with Crippen LogP contribution >= 0.6 is 0 Å². The van der Waals surface area contributed by atoms with Crippen LogP contribution in [-0.4, -0.2) is 51.4 Å². The summed E-state index contributed by atoms with van der Waals surface area (Å²) in [6.07, 6.45) is 8.02. The largest absolute Gasteiger partial charge is 0.500 e. The Hall–Kier alpha value is -0.803. The second-order valence-corrected chi connectivity index (χ2v) is 15.2. The van der Waals surface area contributed by atoms with E-state index in [9.17, 15) is 0 Å². The summed E-state index contributed by atoms with van der Waals surface area (Å²) in [6.45, 7) is 23.1. The molecule has 0 N–H and O–H groups in total. The Kier molecular flexibility index (Phi) is 14.6. The summed E-state index contributed by atoms with van der Waals surface area (Å²) in [5.74, 6) is 0.379. The molecule has 0 aliphatic carbocycles. The predicted molar refractivity (Wildman–Crippen MR) is 163 cm³/mol. The Balaban J connectivity index is 1.77. The van der Waals surface area contributed by atoms with Crippen LogP contribution in [0.15, 0.2) is 24.3 Å². The van der Waals surface area contributed by atoms with Crippen molar-refractivity contribution in [2.75, 3.05) is 26.4 Å². The molecule has 6 nitrogen and oxygen atoms in total. The van der Waals surface area contributed by atoms with Crippen molar-refractivity contribution >= 4 is 8.80 Å². The van der Waals surface area contributed by atoms with Crippen LogP contribution in [-0.2, 0) is 29.5 Å². The smallest absolute Gasteiger partial charge is 0.377 e. The maximum absolute atomic E-state index is 6.80. The molecule has 0 spiro atoms. The highest BCUT2D eigenvalue weighted by Gasteiger charge is 2.44. The van der Waals surface area contributed by atoms with Gasteiger partial charge in [-0.3, -0.25) is 4.84 Å². The van der Waals surface area contributed by atoms with Crippen molar-refractivity contribution in [1.82, 2.24) is 5.06 Å². The summed E-state index contributed by atoms with van der Waals surface area (Å²) in [5.41, 5.74) is 2.50. The fraction of sp³-hybridized carbons (Fsp3) is 0.812. The number of piperidine rings is 1. The molecule has 1 aliphatic heterocycles.